The van der Waals surface area contributed by atoms with Crippen molar-refractivity contribution in [1.82, 2.24) is 20.4 Å². The van der Waals surface area contributed by atoms with Crippen LogP contribution in [0.4, 0.5) is 4.79 Å². The number of urea groups is 1. The number of nitrogens with one attached hydrogen (secondary N) is 2. The van der Waals surface area contributed by atoms with Gasteiger partial charge in [0.2, 0.25) is 0 Å². The number of ether oxygens (including phenoxy) is 1. The second-order valence-corrected chi connectivity index (χ2v) is 6.61. The van der Waals surface area contributed by atoms with Crippen molar-refractivity contribution in [2.75, 3.05) is 13.2 Å². The number of fused-ring (bicyclic) bond motifs is 1. The minimum Gasteiger partial charge on any atom is -0.451 e. The Hall–Kier alpha value is -3.16. The van der Waals surface area contributed by atoms with Crippen LogP contribution in [0, 0.1) is 0 Å². The van der Waals surface area contributed by atoms with E-state index in [1.54, 1.807) is 4.68 Å². The van der Waals surface area contributed by atoms with E-state index >= 15 is 0 Å². The predicted octanol–water partition coefficient (Wildman–Crippen LogP) is 2.14. The fourth-order valence-corrected chi connectivity index (χ4v) is 3.17. The summed E-state index contributed by atoms with van der Waals surface area (Å²) in [6.45, 7) is 1.95. The zero-order valence-corrected chi connectivity index (χ0v) is 15.9. The first-order valence-corrected chi connectivity index (χ1v) is 9.51. The first kappa shape index (κ1) is 19.6. The number of nitrogens with zero attached hydrogens (tertiary/aromatic N) is 2. The summed E-state index contributed by atoms with van der Waals surface area (Å²) in [5, 5.41) is 9.12. The van der Waals surface area contributed by atoms with Gasteiger partial charge in [-0.3, -0.25) is 10.1 Å². The van der Waals surface area contributed by atoms with Crippen molar-refractivity contribution in [1.29, 1.82) is 0 Å². The van der Waals surface area contributed by atoms with Crippen LogP contribution in [0.1, 0.15) is 47.9 Å². The zero-order chi connectivity index (χ0) is 19.9. The lowest BCUT2D eigenvalue weighted by molar-refractivity contribution is -0.123. The molecule has 0 radical (unpaired) electrons. The smallest absolute Gasteiger partial charge is 0.359 e. The molecular weight excluding hydrogens is 360 g/mol. The summed E-state index contributed by atoms with van der Waals surface area (Å²) >= 11 is 0. The fourth-order valence-electron chi connectivity index (χ4n) is 3.17. The maximum Gasteiger partial charge on any atom is 0.359 e. The number of unbranched alkanes of at least 4 members (excludes halogenated alkanes) is 1. The monoisotopic (exact) mass is 384 g/mol. The summed E-state index contributed by atoms with van der Waals surface area (Å²) in [5.41, 5.74) is 2.97. The van der Waals surface area contributed by atoms with Crippen molar-refractivity contribution in [3.05, 3.63) is 47.3 Å². The van der Waals surface area contributed by atoms with Gasteiger partial charge in [-0.15, -0.1) is 0 Å². The van der Waals surface area contributed by atoms with Gasteiger partial charge in [-0.1, -0.05) is 31.5 Å². The van der Waals surface area contributed by atoms with E-state index in [1.165, 1.54) is 0 Å². The minimum absolute atomic E-state index is 0.233. The molecule has 8 nitrogen and oxygen atoms in total. The molecule has 28 heavy (non-hydrogen) atoms. The number of amides is 3. The number of hydrogen-bond donors (Lipinski definition) is 2. The number of carbonyl (C=O) groups excluding carboxylic acids is 3. The van der Waals surface area contributed by atoms with Gasteiger partial charge in [-0.2, -0.15) is 5.10 Å². The van der Waals surface area contributed by atoms with E-state index in [1.807, 2.05) is 37.3 Å². The summed E-state index contributed by atoms with van der Waals surface area (Å²) in [7, 11) is 0. The Labute approximate surface area is 163 Å². The van der Waals surface area contributed by atoms with Gasteiger partial charge < -0.3 is 10.1 Å². The van der Waals surface area contributed by atoms with Crippen LogP contribution in [0.25, 0.3) is 5.69 Å². The lowest BCUT2D eigenvalue weighted by Gasteiger charge is -2.07. The van der Waals surface area contributed by atoms with Crippen LogP contribution in [0.2, 0.25) is 0 Å². The van der Waals surface area contributed by atoms with E-state index in [2.05, 4.69) is 15.7 Å². The van der Waals surface area contributed by atoms with Crippen molar-refractivity contribution < 1.29 is 19.1 Å². The molecule has 0 saturated carbocycles. The molecule has 2 aromatic rings. The number of para-hydroxylation sites is 1. The number of hydrogen-bond acceptors (Lipinski definition) is 5. The van der Waals surface area contributed by atoms with Gasteiger partial charge in [0.15, 0.2) is 12.3 Å². The number of rotatable bonds is 7. The highest BCUT2D eigenvalue weighted by Gasteiger charge is 2.28. The zero-order valence-electron chi connectivity index (χ0n) is 15.9. The third kappa shape index (κ3) is 4.57. The predicted molar refractivity (Wildman–Crippen MR) is 102 cm³/mol. The Morgan fingerprint density at radius 2 is 1.96 bits per heavy atom. The molecule has 1 aromatic carbocycles. The molecule has 1 heterocycles. The van der Waals surface area contributed by atoms with Crippen LogP contribution in [0.5, 0.6) is 0 Å². The molecule has 0 atom stereocenters. The third-order valence-electron chi connectivity index (χ3n) is 4.53. The molecule has 1 aliphatic carbocycles. The van der Waals surface area contributed by atoms with Crippen LogP contribution >= 0.6 is 0 Å². The lowest BCUT2D eigenvalue weighted by atomic mass is 10.2. The first-order chi connectivity index (χ1) is 13.6. The highest BCUT2D eigenvalue weighted by Crippen LogP contribution is 2.28. The van der Waals surface area contributed by atoms with Gasteiger partial charge >= 0.3 is 12.0 Å². The quantitative estimate of drug-likeness (QED) is 0.562. The van der Waals surface area contributed by atoms with Crippen LogP contribution in [0.3, 0.4) is 0 Å². The van der Waals surface area contributed by atoms with Gasteiger partial charge in [0.05, 0.1) is 5.69 Å². The first-order valence-electron chi connectivity index (χ1n) is 9.51. The van der Waals surface area contributed by atoms with Crippen LogP contribution in [-0.2, 0) is 22.4 Å². The van der Waals surface area contributed by atoms with Crippen LogP contribution in [-0.4, -0.2) is 40.8 Å². The van der Waals surface area contributed by atoms with E-state index in [4.69, 9.17) is 4.74 Å². The number of esters is 1. The summed E-state index contributed by atoms with van der Waals surface area (Å²) in [5.74, 6) is -1.34. The highest BCUT2D eigenvalue weighted by molar-refractivity contribution is 5.97. The molecule has 1 aromatic heterocycles. The van der Waals surface area contributed by atoms with Gasteiger partial charge in [-0.25, -0.2) is 14.3 Å². The number of benzene rings is 1. The van der Waals surface area contributed by atoms with Crippen molar-refractivity contribution in [3.63, 3.8) is 0 Å². The lowest BCUT2D eigenvalue weighted by Crippen LogP contribution is -2.41. The summed E-state index contributed by atoms with van der Waals surface area (Å²) < 4.78 is 6.85. The number of aromatic nitrogens is 2. The van der Waals surface area contributed by atoms with E-state index in [0.717, 1.165) is 49.0 Å². The fraction of sp³-hybridized carbons (Fsp3) is 0.400. The Kier molecular flexibility index (Phi) is 6.41. The molecule has 2 N–H and O–H groups in total. The molecule has 0 spiro atoms. The number of imide groups is 1. The molecule has 0 unspecified atom stereocenters. The standard InChI is InChI=1S/C20H24N4O4/c1-2-3-12-21-20(27)22-17(25)13-28-19(26)18-15-10-7-11-16(15)24(23-18)14-8-5-4-6-9-14/h4-6,8-9H,2-3,7,10-13H2,1H3,(H2,21,22,25,27). The Morgan fingerprint density at radius 3 is 2.71 bits per heavy atom. The second-order valence-electron chi connectivity index (χ2n) is 6.61. The van der Waals surface area contributed by atoms with E-state index in [0.29, 0.717) is 6.54 Å². The molecule has 0 fully saturated rings. The van der Waals surface area contributed by atoms with E-state index in [-0.39, 0.29) is 5.69 Å². The van der Waals surface area contributed by atoms with E-state index in [9.17, 15) is 14.4 Å². The highest BCUT2D eigenvalue weighted by atomic mass is 16.5. The molecule has 0 saturated heterocycles. The van der Waals surface area contributed by atoms with E-state index < -0.39 is 24.5 Å². The molecule has 1 aliphatic rings. The SMILES string of the molecule is CCCCNC(=O)NC(=O)COC(=O)c1nn(-c2ccccc2)c2c1CCC2. The maximum absolute atomic E-state index is 12.5. The maximum atomic E-state index is 12.5. The summed E-state index contributed by atoms with van der Waals surface area (Å²) in [4.78, 5) is 35.8. The molecule has 148 valence electrons. The van der Waals surface area contributed by atoms with Crippen LogP contribution < -0.4 is 10.6 Å². The molecule has 8 heteroatoms. The molecule has 3 rings (SSSR count). The average molecular weight is 384 g/mol. The minimum atomic E-state index is -0.679. The molecule has 0 bridgehead atoms. The molecule has 0 aliphatic heterocycles. The van der Waals surface area contributed by atoms with Gasteiger partial charge in [0, 0.05) is 17.8 Å². The topological polar surface area (TPSA) is 102 Å². The average Bonchev–Trinajstić information content (AvgIpc) is 3.29. The Morgan fingerprint density at radius 1 is 1.18 bits per heavy atom. The molecular formula is C20H24N4O4. The third-order valence-corrected chi connectivity index (χ3v) is 4.53. The normalized spacial score (nSPS) is 12.3. The van der Waals surface area contributed by atoms with Gasteiger partial charge in [0.25, 0.3) is 5.91 Å². The van der Waals surface area contributed by atoms with Gasteiger partial charge in [-0.05, 0) is 37.8 Å². The van der Waals surface area contributed by atoms with Gasteiger partial charge in [0.1, 0.15) is 0 Å². The number of carbonyl (C=O) groups is 3. The van der Waals surface area contributed by atoms with Crippen molar-refractivity contribution >= 4 is 17.9 Å². The Bertz CT molecular complexity index is 861. The summed E-state index contributed by atoms with van der Waals surface area (Å²) in [6, 6.07) is 8.98. The largest absolute Gasteiger partial charge is 0.451 e. The second kappa shape index (κ2) is 9.16. The van der Waals surface area contributed by atoms with Crippen LogP contribution in [0.15, 0.2) is 30.3 Å². The van der Waals surface area contributed by atoms with Crippen molar-refractivity contribution in [2.24, 2.45) is 0 Å². The van der Waals surface area contributed by atoms with Crippen molar-refractivity contribution in [2.45, 2.75) is 39.0 Å². The van der Waals surface area contributed by atoms with Crippen molar-refractivity contribution in [3.8, 4) is 5.69 Å². The Balaban J connectivity index is 1.61. The summed E-state index contributed by atoms with van der Waals surface area (Å²) in [6.07, 6.45) is 4.29. The molecule has 3 amide bonds.